The van der Waals surface area contributed by atoms with Gasteiger partial charge >= 0.3 is 0 Å². The van der Waals surface area contributed by atoms with E-state index in [0.717, 1.165) is 52.9 Å². The van der Waals surface area contributed by atoms with E-state index in [2.05, 4.69) is 28.7 Å². The number of fused-ring (bicyclic) bond motifs is 3. The molecule has 7 heteroatoms. The number of nitrogens with zero attached hydrogens (tertiary/aromatic N) is 3. The summed E-state index contributed by atoms with van der Waals surface area (Å²) in [5, 5.41) is 5.00. The van der Waals surface area contributed by atoms with Crippen LogP contribution in [0, 0.1) is 0 Å². The van der Waals surface area contributed by atoms with Gasteiger partial charge in [0.2, 0.25) is 0 Å². The van der Waals surface area contributed by atoms with Gasteiger partial charge in [-0.15, -0.1) is 0 Å². The van der Waals surface area contributed by atoms with Gasteiger partial charge in [0.25, 0.3) is 0 Å². The lowest BCUT2D eigenvalue weighted by molar-refractivity contribution is -0.0688. The van der Waals surface area contributed by atoms with Crippen LogP contribution in [0.15, 0.2) is 36.3 Å². The third kappa shape index (κ3) is 3.66. The van der Waals surface area contributed by atoms with Crippen molar-refractivity contribution in [2.24, 2.45) is 5.73 Å². The van der Waals surface area contributed by atoms with Gasteiger partial charge in [-0.1, -0.05) is 11.6 Å². The van der Waals surface area contributed by atoms with Crippen LogP contribution in [0.25, 0.3) is 21.9 Å². The Bertz CT molecular complexity index is 1050. The SMILES string of the molecule is C/C(N)=C/NCc1nc2cnc3ccc(Cl)cc3c2n1C1CCOC(C)(C)C1. The van der Waals surface area contributed by atoms with E-state index >= 15 is 0 Å². The van der Waals surface area contributed by atoms with Gasteiger partial charge in [-0.25, -0.2) is 4.98 Å². The first-order chi connectivity index (χ1) is 13.3. The molecule has 28 heavy (non-hydrogen) atoms. The number of hydrogen-bond acceptors (Lipinski definition) is 5. The first-order valence-electron chi connectivity index (χ1n) is 9.59. The van der Waals surface area contributed by atoms with Crippen LogP contribution in [0.1, 0.15) is 45.5 Å². The fourth-order valence-corrected chi connectivity index (χ4v) is 4.21. The van der Waals surface area contributed by atoms with Crippen molar-refractivity contribution in [2.75, 3.05) is 6.61 Å². The summed E-state index contributed by atoms with van der Waals surface area (Å²) >= 11 is 6.32. The molecule has 4 rings (SSSR count). The van der Waals surface area contributed by atoms with Gasteiger partial charge < -0.3 is 20.4 Å². The topological polar surface area (TPSA) is 78.0 Å². The average molecular weight is 400 g/mol. The molecular formula is C21H26ClN5O. The highest BCUT2D eigenvalue weighted by Crippen LogP contribution is 2.37. The summed E-state index contributed by atoms with van der Waals surface area (Å²) in [6.45, 7) is 7.47. The Labute approximate surface area is 169 Å². The number of hydrogen-bond donors (Lipinski definition) is 2. The Hall–Kier alpha value is -2.31. The van der Waals surface area contributed by atoms with E-state index in [0.29, 0.717) is 11.6 Å². The number of ether oxygens (including phenoxy) is 1. The third-order valence-electron chi connectivity index (χ3n) is 5.18. The van der Waals surface area contributed by atoms with Crippen molar-refractivity contribution in [2.45, 2.75) is 51.8 Å². The molecular weight excluding hydrogens is 374 g/mol. The van der Waals surface area contributed by atoms with Crippen LogP contribution in [0.3, 0.4) is 0 Å². The molecule has 1 unspecified atom stereocenters. The maximum absolute atomic E-state index is 6.32. The Morgan fingerprint density at radius 3 is 3.00 bits per heavy atom. The molecule has 2 aromatic heterocycles. The van der Waals surface area contributed by atoms with Gasteiger partial charge in [-0.05, 0) is 51.8 Å². The summed E-state index contributed by atoms with van der Waals surface area (Å²) in [4.78, 5) is 9.47. The van der Waals surface area contributed by atoms with Crippen molar-refractivity contribution >= 4 is 33.5 Å². The number of pyridine rings is 1. The molecule has 0 amide bonds. The van der Waals surface area contributed by atoms with Crippen LogP contribution in [-0.4, -0.2) is 26.7 Å². The molecule has 3 N–H and O–H groups in total. The van der Waals surface area contributed by atoms with Crippen molar-refractivity contribution < 1.29 is 4.74 Å². The van der Waals surface area contributed by atoms with Crippen LogP contribution in [0.2, 0.25) is 5.02 Å². The molecule has 1 fully saturated rings. The Morgan fingerprint density at radius 2 is 2.25 bits per heavy atom. The van der Waals surface area contributed by atoms with E-state index in [-0.39, 0.29) is 11.6 Å². The predicted octanol–water partition coefficient (Wildman–Crippen LogP) is 4.28. The van der Waals surface area contributed by atoms with E-state index < -0.39 is 0 Å². The molecule has 1 aliphatic rings. The number of rotatable bonds is 4. The molecule has 0 spiro atoms. The van der Waals surface area contributed by atoms with Crippen molar-refractivity contribution in [1.29, 1.82) is 0 Å². The molecule has 0 bridgehead atoms. The minimum absolute atomic E-state index is 0.168. The van der Waals surface area contributed by atoms with Crippen molar-refractivity contribution in [3.05, 3.63) is 47.1 Å². The van der Waals surface area contributed by atoms with Crippen molar-refractivity contribution in [1.82, 2.24) is 19.9 Å². The molecule has 3 heterocycles. The second-order valence-electron chi connectivity index (χ2n) is 8.08. The highest BCUT2D eigenvalue weighted by molar-refractivity contribution is 6.31. The molecule has 148 valence electrons. The van der Waals surface area contributed by atoms with Gasteiger partial charge in [-0.2, -0.15) is 0 Å². The van der Waals surface area contributed by atoms with Crippen LogP contribution in [0.4, 0.5) is 0 Å². The first kappa shape index (κ1) is 19.0. The lowest BCUT2D eigenvalue weighted by atomic mass is 9.93. The number of imidazole rings is 1. The molecule has 1 aliphatic heterocycles. The summed E-state index contributed by atoms with van der Waals surface area (Å²) in [5.74, 6) is 0.962. The number of aromatic nitrogens is 3. The van der Waals surface area contributed by atoms with Crippen LogP contribution >= 0.6 is 11.6 Å². The average Bonchev–Trinajstić information content (AvgIpc) is 2.99. The minimum Gasteiger partial charge on any atom is -0.401 e. The maximum atomic E-state index is 6.32. The number of nitrogens with one attached hydrogen (secondary N) is 1. The van der Waals surface area contributed by atoms with E-state index in [9.17, 15) is 0 Å². The van der Waals surface area contributed by atoms with Gasteiger partial charge in [0.15, 0.2) is 0 Å². The minimum atomic E-state index is -0.168. The van der Waals surface area contributed by atoms with Crippen molar-refractivity contribution in [3.8, 4) is 0 Å². The lowest BCUT2D eigenvalue weighted by Gasteiger charge is -2.37. The Balaban J connectivity index is 1.91. The number of benzene rings is 1. The van der Waals surface area contributed by atoms with Gasteiger partial charge in [0, 0.05) is 35.0 Å². The van der Waals surface area contributed by atoms with Crippen LogP contribution in [0.5, 0.6) is 0 Å². The van der Waals surface area contributed by atoms with Crippen LogP contribution in [-0.2, 0) is 11.3 Å². The largest absolute Gasteiger partial charge is 0.401 e. The summed E-state index contributed by atoms with van der Waals surface area (Å²) in [6, 6.07) is 6.10. The standard InChI is InChI=1S/C21H26ClN5O/c1-13(23)10-24-12-19-26-18-11-25-17-5-4-14(22)8-16(17)20(18)27(19)15-6-7-28-21(2,3)9-15/h4-5,8,10-11,15,24H,6-7,9,12,23H2,1-3H3/b13-10-. The highest BCUT2D eigenvalue weighted by Gasteiger charge is 2.32. The fraction of sp³-hybridized carbons (Fsp3) is 0.429. The lowest BCUT2D eigenvalue weighted by Crippen LogP contribution is -2.35. The summed E-state index contributed by atoms with van der Waals surface area (Å²) in [7, 11) is 0. The molecule has 1 saturated heterocycles. The predicted molar refractivity (Wildman–Crippen MR) is 113 cm³/mol. The summed E-state index contributed by atoms with van der Waals surface area (Å²) < 4.78 is 8.31. The third-order valence-corrected chi connectivity index (χ3v) is 5.41. The fourth-order valence-electron chi connectivity index (χ4n) is 4.04. The van der Waals surface area contributed by atoms with E-state index in [1.165, 1.54) is 0 Å². The molecule has 0 aliphatic carbocycles. The van der Waals surface area contributed by atoms with E-state index in [1.807, 2.05) is 37.5 Å². The maximum Gasteiger partial charge on any atom is 0.129 e. The van der Waals surface area contributed by atoms with Gasteiger partial charge in [0.05, 0.1) is 29.4 Å². The molecule has 1 atom stereocenters. The zero-order chi connectivity index (χ0) is 19.9. The second kappa shape index (κ2) is 7.26. The smallest absolute Gasteiger partial charge is 0.129 e. The van der Waals surface area contributed by atoms with Crippen molar-refractivity contribution in [3.63, 3.8) is 0 Å². The summed E-state index contributed by atoms with van der Waals surface area (Å²) in [5.41, 5.74) is 9.21. The molecule has 0 radical (unpaired) electrons. The van der Waals surface area contributed by atoms with E-state index in [1.54, 1.807) is 0 Å². The summed E-state index contributed by atoms with van der Waals surface area (Å²) in [6.07, 6.45) is 5.52. The zero-order valence-corrected chi connectivity index (χ0v) is 17.3. The zero-order valence-electron chi connectivity index (χ0n) is 16.5. The number of halogens is 1. The monoisotopic (exact) mass is 399 g/mol. The van der Waals surface area contributed by atoms with E-state index in [4.69, 9.17) is 27.1 Å². The second-order valence-corrected chi connectivity index (χ2v) is 8.51. The normalized spacial score (nSPS) is 20.0. The Kier molecular flexibility index (Phi) is 4.93. The quantitative estimate of drug-likeness (QED) is 0.684. The van der Waals surface area contributed by atoms with Gasteiger partial charge in [-0.3, -0.25) is 4.98 Å². The molecule has 6 nitrogen and oxygen atoms in total. The Morgan fingerprint density at radius 1 is 1.43 bits per heavy atom. The number of allylic oxidation sites excluding steroid dienone is 1. The molecule has 0 saturated carbocycles. The highest BCUT2D eigenvalue weighted by atomic mass is 35.5. The number of nitrogens with two attached hydrogens (primary N) is 1. The molecule has 1 aromatic carbocycles. The first-order valence-corrected chi connectivity index (χ1v) is 9.96. The van der Waals surface area contributed by atoms with Crippen LogP contribution < -0.4 is 11.1 Å². The van der Waals surface area contributed by atoms with Gasteiger partial charge in [0.1, 0.15) is 11.3 Å². The molecule has 3 aromatic rings.